The number of aromatic nitrogens is 2. The third-order valence-corrected chi connectivity index (χ3v) is 17.5. The molecule has 2 fully saturated rings. The molecule has 0 bridgehead atoms. The summed E-state index contributed by atoms with van der Waals surface area (Å²) < 4.78 is 60.3. The van der Waals surface area contributed by atoms with E-state index in [9.17, 15) is 16.8 Å². The van der Waals surface area contributed by atoms with E-state index in [4.69, 9.17) is 61.1 Å². The van der Waals surface area contributed by atoms with Crippen LogP contribution in [0.2, 0.25) is 20.1 Å². The number of hydrogen-bond acceptors (Lipinski definition) is 11. The van der Waals surface area contributed by atoms with Gasteiger partial charge in [0.15, 0.2) is 10.3 Å². The Morgan fingerprint density at radius 2 is 1.02 bits per heavy atom. The Balaban J connectivity index is 0.000000184. The molecule has 2 aliphatic heterocycles. The molecule has 0 radical (unpaired) electrons. The minimum atomic E-state index is -3.67. The topological polar surface area (TPSA) is 116 Å². The molecule has 61 heavy (non-hydrogen) atoms. The minimum absolute atomic E-state index is 0.0837. The van der Waals surface area contributed by atoms with Crippen molar-refractivity contribution in [3.63, 3.8) is 0 Å². The average molecular weight is 981 g/mol. The second kappa shape index (κ2) is 19.9. The quantitative estimate of drug-likeness (QED) is 0.125. The van der Waals surface area contributed by atoms with Crippen LogP contribution in [0.15, 0.2) is 105 Å². The van der Waals surface area contributed by atoms with E-state index in [1.807, 2.05) is 41.8 Å². The lowest BCUT2D eigenvalue weighted by Crippen LogP contribution is -2.48. The third kappa shape index (κ3) is 10.8. The van der Waals surface area contributed by atoms with Gasteiger partial charge in [0.25, 0.3) is 0 Å². The van der Waals surface area contributed by atoms with Gasteiger partial charge in [-0.15, -0.1) is 22.7 Å². The number of ether oxygens (including phenoxy) is 1. The maximum atomic E-state index is 13.0. The fourth-order valence-electron chi connectivity index (χ4n) is 6.98. The van der Waals surface area contributed by atoms with Gasteiger partial charge >= 0.3 is 0 Å². The number of halogens is 4. The first-order valence-corrected chi connectivity index (χ1v) is 25.3. The Kier molecular flexibility index (Phi) is 14.9. The second-order valence-electron chi connectivity index (χ2n) is 14.3. The van der Waals surface area contributed by atoms with Gasteiger partial charge in [-0.25, -0.2) is 26.8 Å². The van der Waals surface area contributed by atoms with Crippen LogP contribution < -0.4 is 14.5 Å². The van der Waals surface area contributed by atoms with Crippen molar-refractivity contribution in [1.29, 1.82) is 0 Å². The number of para-hydroxylation sites is 1. The lowest BCUT2D eigenvalue weighted by atomic mass is 10.1. The van der Waals surface area contributed by atoms with Crippen molar-refractivity contribution in [1.82, 2.24) is 18.6 Å². The fraction of sp³-hybridized carbons (Fsp3) is 0.286. The summed E-state index contributed by atoms with van der Waals surface area (Å²) in [7, 11) is -5.67. The largest absolute Gasteiger partial charge is 0.496 e. The van der Waals surface area contributed by atoms with Gasteiger partial charge in [0.2, 0.25) is 20.0 Å². The summed E-state index contributed by atoms with van der Waals surface area (Å²) in [6.45, 7) is 5.89. The van der Waals surface area contributed by atoms with Crippen molar-refractivity contribution in [2.24, 2.45) is 0 Å². The summed E-state index contributed by atoms with van der Waals surface area (Å²) in [5, 5.41) is 7.04. The number of benzene rings is 4. The van der Waals surface area contributed by atoms with Crippen molar-refractivity contribution >= 4 is 99.4 Å². The highest BCUT2D eigenvalue weighted by Gasteiger charge is 2.32. The number of hydrogen-bond donors (Lipinski definition) is 0. The number of piperazine rings is 2. The first-order valence-electron chi connectivity index (χ1n) is 19.2. The van der Waals surface area contributed by atoms with E-state index in [1.165, 1.54) is 50.1 Å². The number of methoxy groups -OCH3 is 1. The van der Waals surface area contributed by atoms with E-state index >= 15 is 0 Å². The summed E-state index contributed by atoms with van der Waals surface area (Å²) in [5.41, 5.74) is 5.61. The predicted molar refractivity (Wildman–Crippen MR) is 249 cm³/mol. The molecule has 6 aromatic rings. The van der Waals surface area contributed by atoms with Crippen LogP contribution in [0.4, 0.5) is 10.3 Å². The van der Waals surface area contributed by atoms with Crippen LogP contribution in [0.3, 0.4) is 0 Å². The van der Waals surface area contributed by atoms with Crippen molar-refractivity contribution < 1.29 is 21.6 Å². The molecular formula is C42H42Cl4N6O5S4. The van der Waals surface area contributed by atoms with Crippen molar-refractivity contribution in [3.8, 4) is 5.75 Å². The summed E-state index contributed by atoms with van der Waals surface area (Å²) in [6.07, 6.45) is 1.48. The van der Waals surface area contributed by atoms with E-state index in [-0.39, 0.29) is 19.8 Å². The first kappa shape index (κ1) is 45.5. The molecule has 19 heteroatoms. The molecule has 4 aromatic carbocycles. The normalized spacial score (nSPS) is 15.4. The molecule has 2 aromatic heterocycles. The summed E-state index contributed by atoms with van der Waals surface area (Å²) in [6, 6.07) is 25.1. The molecule has 2 aliphatic rings. The number of rotatable bonds is 11. The molecule has 0 atom stereocenters. The number of aryl methyl sites for hydroxylation is 1. The molecule has 8 rings (SSSR count). The zero-order valence-electron chi connectivity index (χ0n) is 33.2. The second-order valence-corrected chi connectivity index (χ2v) is 21.4. The lowest BCUT2D eigenvalue weighted by Gasteiger charge is -2.33. The zero-order valence-corrected chi connectivity index (χ0v) is 39.5. The standard InChI is InChI=1S/C21H21Cl2N3O3S2.C21H21Cl2N3O2S2/c1-29-19-5-3-2-4-15(19)12-17-14-30-21(24-17)25-8-10-26(11-9-25)31(27,28)20-7-6-16(22)13-18(20)23;1-15-4-2-3-5-16(15)12-18-14-29-21(24-18)25-8-10-26(11-9-25)30(27,28)20-7-6-17(22)13-19(20)23/h2-7,13-14H,8-12H2,1H3;2-7,13-14H,8-12H2,1H3. The summed E-state index contributed by atoms with van der Waals surface area (Å²) >= 11 is 27.2. The van der Waals surface area contributed by atoms with Gasteiger partial charge in [0, 0.05) is 91.6 Å². The molecule has 4 heterocycles. The lowest BCUT2D eigenvalue weighted by molar-refractivity contribution is 0.384. The van der Waals surface area contributed by atoms with Gasteiger partial charge in [0.05, 0.1) is 28.5 Å². The van der Waals surface area contributed by atoms with Crippen LogP contribution in [0.5, 0.6) is 5.75 Å². The highest BCUT2D eigenvalue weighted by Crippen LogP contribution is 2.32. The van der Waals surface area contributed by atoms with E-state index in [0.717, 1.165) is 39.4 Å². The van der Waals surface area contributed by atoms with Crippen molar-refractivity contribution in [2.75, 3.05) is 69.3 Å². The number of anilines is 2. The summed E-state index contributed by atoms with van der Waals surface area (Å²) in [4.78, 5) is 14.0. The van der Waals surface area contributed by atoms with E-state index in [2.05, 4.69) is 34.2 Å². The fourth-order valence-corrected chi connectivity index (χ4v) is 13.1. The average Bonchev–Trinajstić information content (AvgIpc) is 3.92. The van der Waals surface area contributed by atoms with Crippen LogP contribution in [0.25, 0.3) is 0 Å². The monoisotopic (exact) mass is 978 g/mol. The van der Waals surface area contributed by atoms with Gasteiger partial charge in [-0.3, -0.25) is 0 Å². The van der Waals surface area contributed by atoms with Gasteiger partial charge in [0.1, 0.15) is 15.5 Å². The number of sulfonamides is 2. The van der Waals surface area contributed by atoms with E-state index in [0.29, 0.717) is 68.8 Å². The van der Waals surface area contributed by atoms with Crippen molar-refractivity contribution in [3.05, 3.63) is 144 Å². The highest BCUT2D eigenvalue weighted by molar-refractivity contribution is 7.89. The Morgan fingerprint density at radius 3 is 1.46 bits per heavy atom. The predicted octanol–water partition coefficient (Wildman–Crippen LogP) is 9.42. The molecule has 2 saturated heterocycles. The van der Waals surface area contributed by atoms with Crippen LogP contribution in [0, 0.1) is 6.92 Å². The Morgan fingerprint density at radius 1 is 0.590 bits per heavy atom. The van der Waals surface area contributed by atoms with Gasteiger partial charge < -0.3 is 14.5 Å². The molecule has 0 saturated carbocycles. The molecule has 0 aliphatic carbocycles. The molecular weight excluding hydrogens is 939 g/mol. The molecule has 0 amide bonds. The van der Waals surface area contributed by atoms with Gasteiger partial charge in [-0.2, -0.15) is 8.61 Å². The molecule has 0 unspecified atom stereocenters. The molecule has 11 nitrogen and oxygen atoms in total. The smallest absolute Gasteiger partial charge is 0.244 e. The Labute approximate surface area is 385 Å². The van der Waals surface area contributed by atoms with E-state index < -0.39 is 20.0 Å². The SMILES string of the molecule is COc1ccccc1Cc1csc(N2CCN(S(=O)(=O)c3ccc(Cl)cc3Cl)CC2)n1.Cc1ccccc1Cc1csc(N2CCN(S(=O)(=O)c3ccc(Cl)cc3Cl)CC2)n1. The maximum absolute atomic E-state index is 13.0. The van der Waals surface area contributed by atoms with Crippen LogP contribution in [-0.2, 0) is 32.9 Å². The van der Waals surface area contributed by atoms with Crippen molar-refractivity contribution in [2.45, 2.75) is 29.6 Å². The van der Waals surface area contributed by atoms with Crippen LogP contribution >= 0.6 is 69.1 Å². The van der Waals surface area contributed by atoms with Crippen LogP contribution in [-0.4, -0.2) is 94.9 Å². The van der Waals surface area contributed by atoms with Crippen LogP contribution in [0.1, 0.15) is 28.1 Å². The molecule has 0 N–H and O–H groups in total. The molecule has 0 spiro atoms. The van der Waals surface area contributed by atoms with Gasteiger partial charge in [-0.1, -0.05) is 88.9 Å². The Hall–Kier alpha value is -3.48. The molecule has 322 valence electrons. The maximum Gasteiger partial charge on any atom is 0.244 e. The summed E-state index contributed by atoms with van der Waals surface area (Å²) in [5.74, 6) is 0.844. The van der Waals surface area contributed by atoms with Gasteiger partial charge in [-0.05, 0) is 60.5 Å². The number of thiazole rings is 2. The van der Waals surface area contributed by atoms with E-state index in [1.54, 1.807) is 35.8 Å². The first-order chi connectivity index (χ1) is 29.2. The highest BCUT2D eigenvalue weighted by atomic mass is 35.5. The third-order valence-electron chi connectivity index (χ3n) is 10.3. The minimum Gasteiger partial charge on any atom is -0.496 e. The zero-order chi connectivity index (χ0) is 43.3. The number of nitrogens with zero attached hydrogens (tertiary/aromatic N) is 6. The Bertz CT molecular complexity index is 2700.